The van der Waals surface area contributed by atoms with Crippen molar-refractivity contribution in [1.29, 1.82) is 0 Å². The second-order valence-electron chi connectivity index (χ2n) is 8.10. The smallest absolute Gasteiger partial charge is 0.407 e. The van der Waals surface area contributed by atoms with Crippen LogP contribution in [0.5, 0.6) is 0 Å². The van der Waals surface area contributed by atoms with Crippen LogP contribution >= 0.6 is 0 Å². The summed E-state index contributed by atoms with van der Waals surface area (Å²) in [5.41, 5.74) is 4.44. The predicted molar refractivity (Wildman–Crippen MR) is 118 cm³/mol. The van der Waals surface area contributed by atoms with Crippen LogP contribution in [0.4, 0.5) is 4.79 Å². The summed E-state index contributed by atoms with van der Waals surface area (Å²) < 4.78 is 10.9. The lowest BCUT2D eigenvalue weighted by Gasteiger charge is -2.26. The Balaban J connectivity index is 1.39. The molecule has 0 aromatic heterocycles. The molecule has 2 aromatic rings. The molecule has 4 rings (SSSR count). The van der Waals surface area contributed by atoms with Crippen LogP contribution in [-0.2, 0) is 19.1 Å². The summed E-state index contributed by atoms with van der Waals surface area (Å²) >= 11 is 0. The summed E-state index contributed by atoms with van der Waals surface area (Å²) in [5, 5.41) is 20.9. The first-order chi connectivity index (χ1) is 16.0. The van der Waals surface area contributed by atoms with Gasteiger partial charge in [0.15, 0.2) is 0 Å². The first-order valence-electron chi connectivity index (χ1n) is 10.8. The van der Waals surface area contributed by atoms with E-state index in [-0.39, 0.29) is 38.9 Å². The molecule has 2 unspecified atom stereocenters. The summed E-state index contributed by atoms with van der Waals surface area (Å²) in [4.78, 5) is 37.5. The van der Waals surface area contributed by atoms with E-state index < -0.39 is 36.5 Å². The van der Waals surface area contributed by atoms with Crippen molar-refractivity contribution in [2.75, 3.05) is 39.5 Å². The summed E-state index contributed by atoms with van der Waals surface area (Å²) in [7, 11) is 0. The largest absolute Gasteiger partial charge is 0.480 e. The molecule has 2 amide bonds. The van der Waals surface area contributed by atoms with Gasteiger partial charge in [-0.25, -0.2) is 4.79 Å². The fourth-order valence-electron chi connectivity index (χ4n) is 4.52. The van der Waals surface area contributed by atoms with Crippen molar-refractivity contribution in [3.8, 4) is 11.1 Å². The average molecular weight is 454 g/mol. The van der Waals surface area contributed by atoms with Crippen molar-refractivity contribution in [3.63, 3.8) is 0 Å². The highest BCUT2D eigenvalue weighted by atomic mass is 16.5. The number of carboxylic acids is 1. The number of hydrogen-bond donors (Lipinski definition) is 3. The lowest BCUT2D eigenvalue weighted by molar-refractivity contribution is -0.146. The fourth-order valence-corrected chi connectivity index (χ4v) is 4.52. The molecule has 1 fully saturated rings. The van der Waals surface area contributed by atoms with E-state index in [1.807, 2.05) is 36.4 Å². The van der Waals surface area contributed by atoms with Crippen LogP contribution in [-0.4, -0.2) is 78.6 Å². The number of nitrogens with zero attached hydrogens (tertiary/aromatic N) is 1. The molecule has 3 N–H and O–H groups in total. The zero-order chi connectivity index (χ0) is 23.4. The molecule has 174 valence electrons. The van der Waals surface area contributed by atoms with Crippen LogP contribution in [0.15, 0.2) is 48.5 Å². The van der Waals surface area contributed by atoms with Gasteiger partial charge in [0.05, 0.1) is 31.8 Å². The molecule has 0 saturated carbocycles. The minimum absolute atomic E-state index is 0.0503. The first-order valence-corrected chi connectivity index (χ1v) is 10.8. The second kappa shape index (κ2) is 10.0. The van der Waals surface area contributed by atoms with Gasteiger partial charge < -0.3 is 29.9 Å². The highest BCUT2D eigenvalue weighted by Gasteiger charge is 2.38. The maximum atomic E-state index is 12.8. The van der Waals surface area contributed by atoms with Gasteiger partial charge in [-0.3, -0.25) is 9.59 Å². The Hall–Kier alpha value is -3.43. The number of nitrogens with one attached hydrogen (secondary N) is 1. The fraction of sp³-hybridized carbons (Fsp3) is 0.375. The van der Waals surface area contributed by atoms with E-state index in [0.717, 1.165) is 27.2 Å². The van der Waals surface area contributed by atoms with E-state index in [1.165, 1.54) is 0 Å². The normalized spacial score (nSPS) is 18.9. The molecule has 2 atom stereocenters. The minimum Gasteiger partial charge on any atom is -0.480 e. The number of amides is 2. The number of benzene rings is 2. The van der Waals surface area contributed by atoms with Gasteiger partial charge in [-0.1, -0.05) is 48.5 Å². The van der Waals surface area contributed by atoms with Gasteiger partial charge in [0.2, 0.25) is 5.91 Å². The molecule has 9 heteroatoms. The van der Waals surface area contributed by atoms with Crippen LogP contribution in [0.2, 0.25) is 0 Å². The molecule has 1 aliphatic heterocycles. The van der Waals surface area contributed by atoms with E-state index in [2.05, 4.69) is 17.4 Å². The van der Waals surface area contributed by atoms with E-state index in [1.54, 1.807) is 0 Å². The topological polar surface area (TPSA) is 125 Å². The second-order valence-corrected chi connectivity index (χ2v) is 8.10. The number of rotatable bonds is 8. The van der Waals surface area contributed by atoms with Crippen molar-refractivity contribution in [1.82, 2.24) is 10.2 Å². The standard InChI is InChI=1S/C24H26N2O7/c27-10-9-26(11-22(28)29)23(30)20-12-32-14-21(20)25-24(31)33-13-19-17-7-3-1-5-15(17)16-6-2-4-8-18(16)19/h1-8,19-21,27H,9-14H2,(H,25,31)(H,28,29). The lowest BCUT2D eigenvalue weighted by atomic mass is 9.98. The van der Waals surface area contributed by atoms with Crippen LogP contribution in [0.3, 0.4) is 0 Å². The highest BCUT2D eigenvalue weighted by molar-refractivity contribution is 5.84. The molecule has 1 aliphatic carbocycles. The first kappa shape index (κ1) is 22.8. The maximum Gasteiger partial charge on any atom is 0.407 e. The van der Waals surface area contributed by atoms with Gasteiger partial charge in [-0.2, -0.15) is 0 Å². The third kappa shape index (κ3) is 4.84. The third-order valence-corrected chi connectivity index (χ3v) is 6.05. The number of aliphatic carboxylic acids is 1. The maximum absolute atomic E-state index is 12.8. The summed E-state index contributed by atoms with van der Waals surface area (Å²) in [6, 6.07) is 15.4. The molecule has 0 radical (unpaired) electrons. The number of aliphatic hydroxyl groups excluding tert-OH is 1. The zero-order valence-electron chi connectivity index (χ0n) is 18.0. The molecule has 9 nitrogen and oxygen atoms in total. The van der Waals surface area contributed by atoms with Crippen LogP contribution < -0.4 is 5.32 Å². The monoisotopic (exact) mass is 454 g/mol. The molecular formula is C24H26N2O7. The van der Waals surface area contributed by atoms with Gasteiger partial charge in [0.1, 0.15) is 13.2 Å². The highest BCUT2D eigenvalue weighted by Crippen LogP contribution is 2.44. The Morgan fingerprint density at radius 2 is 1.67 bits per heavy atom. The Kier molecular flexibility index (Phi) is 6.90. The number of carbonyl (C=O) groups excluding carboxylic acids is 2. The predicted octanol–water partition coefficient (Wildman–Crippen LogP) is 1.45. The molecule has 2 aromatic carbocycles. The number of fused-ring (bicyclic) bond motifs is 3. The van der Waals surface area contributed by atoms with Gasteiger partial charge in [0, 0.05) is 12.5 Å². The molecule has 1 saturated heterocycles. The van der Waals surface area contributed by atoms with Crippen molar-refractivity contribution >= 4 is 18.0 Å². The van der Waals surface area contributed by atoms with Gasteiger partial charge in [-0.15, -0.1) is 0 Å². The lowest BCUT2D eigenvalue weighted by Crippen LogP contribution is -2.49. The van der Waals surface area contributed by atoms with E-state index in [9.17, 15) is 14.4 Å². The molecule has 2 aliphatic rings. The number of hydrogen-bond acceptors (Lipinski definition) is 6. The zero-order valence-corrected chi connectivity index (χ0v) is 18.0. The van der Waals surface area contributed by atoms with E-state index in [4.69, 9.17) is 19.7 Å². The van der Waals surface area contributed by atoms with Crippen LogP contribution in [0.1, 0.15) is 17.0 Å². The number of ether oxygens (including phenoxy) is 2. The molecular weight excluding hydrogens is 428 g/mol. The number of alkyl carbamates (subject to hydrolysis) is 1. The number of carbonyl (C=O) groups is 3. The van der Waals surface area contributed by atoms with E-state index >= 15 is 0 Å². The summed E-state index contributed by atoms with van der Waals surface area (Å²) in [6.45, 7) is -0.707. The Morgan fingerprint density at radius 1 is 1.03 bits per heavy atom. The summed E-state index contributed by atoms with van der Waals surface area (Å²) in [5.74, 6) is -2.52. The van der Waals surface area contributed by atoms with Gasteiger partial charge in [-0.05, 0) is 22.3 Å². The summed E-state index contributed by atoms with van der Waals surface area (Å²) in [6.07, 6.45) is -0.669. The van der Waals surface area contributed by atoms with Crippen LogP contribution in [0, 0.1) is 5.92 Å². The Morgan fingerprint density at radius 3 is 2.27 bits per heavy atom. The minimum atomic E-state index is -1.18. The van der Waals surface area contributed by atoms with Gasteiger partial charge >= 0.3 is 12.1 Å². The molecule has 0 bridgehead atoms. The quantitative estimate of drug-likeness (QED) is 0.551. The van der Waals surface area contributed by atoms with Crippen molar-refractivity contribution in [3.05, 3.63) is 59.7 Å². The van der Waals surface area contributed by atoms with E-state index in [0.29, 0.717) is 0 Å². The Bertz CT molecular complexity index is 995. The Labute approximate surface area is 190 Å². The van der Waals surface area contributed by atoms with Crippen molar-refractivity contribution < 1.29 is 34.1 Å². The average Bonchev–Trinajstić information content (AvgIpc) is 3.39. The number of carboxylic acid groups (broad SMARTS) is 1. The molecule has 0 spiro atoms. The van der Waals surface area contributed by atoms with Crippen LogP contribution in [0.25, 0.3) is 11.1 Å². The van der Waals surface area contributed by atoms with Gasteiger partial charge in [0.25, 0.3) is 0 Å². The number of aliphatic hydroxyl groups is 1. The SMILES string of the molecule is O=C(O)CN(CCO)C(=O)C1COCC1NC(=O)OCC1c2ccccc2-c2ccccc21. The molecule has 1 heterocycles. The third-order valence-electron chi connectivity index (χ3n) is 6.05. The van der Waals surface area contributed by atoms with Crippen molar-refractivity contribution in [2.45, 2.75) is 12.0 Å². The van der Waals surface area contributed by atoms with Crippen molar-refractivity contribution in [2.24, 2.45) is 5.92 Å². The molecule has 33 heavy (non-hydrogen) atoms.